The largest absolute Gasteiger partial charge is 0.205 e. The fraction of sp³-hybridized carbons (Fsp3) is 0.786. The van der Waals surface area contributed by atoms with Crippen molar-refractivity contribution in [3.8, 4) is 0 Å². The Labute approximate surface area is 271 Å². The van der Waals surface area contributed by atoms with E-state index in [1.165, 1.54) is 205 Å². The predicted octanol–water partition coefficient (Wildman–Crippen LogP) is 14.0. The van der Waals surface area contributed by atoms with Crippen LogP contribution >= 0.6 is 0 Å². The van der Waals surface area contributed by atoms with Gasteiger partial charge in [0.25, 0.3) is 0 Å². The van der Waals surface area contributed by atoms with E-state index in [0.717, 1.165) is 0 Å². The molecule has 248 valence electrons. The second-order valence-electron chi connectivity index (χ2n) is 13.4. The topological polar surface area (TPSA) is 3.88 Å². The molecule has 0 saturated carbocycles. The van der Waals surface area contributed by atoms with Crippen molar-refractivity contribution in [2.24, 2.45) is 0 Å². The van der Waals surface area contributed by atoms with Gasteiger partial charge in [-0.05, 0) is 76.2 Å². The zero-order chi connectivity index (χ0) is 30.7. The van der Waals surface area contributed by atoms with Gasteiger partial charge in [0, 0.05) is 18.6 Å². The molecule has 1 heterocycles. The van der Waals surface area contributed by atoms with Crippen molar-refractivity contribution in [1.82, 2.24) is 0 Å². The number of pyridine rings is 1. The van der Waals surface area contributed by atoms with E-state index in [-0.39, 0.29) is 0 Å². The van der Waals surface area contributed by atoms with Crippen LogP contribution in [0, 0.1) is 0 Å². The molecule has 0 aliphatic carbocycles. The summed E-state index contributed by atoms with van der Waals surface area (Å²) >= 11 is 0. The zero-order valence-corrected chi connectivity index (χ0v) is 29.5. The van der Waals surface area contributed by atoms with E-state index in [9.17, 15) is 0 Å². The van der Waals surface area contributed by atoms with Crippen LogP contribution in [0.15, 0.2) is 48.8 Å². The maximum atomic E-state index is 2.44. The molecule has 0 saturated heterocycles. The number of aromatic nitrogens is 1. The van der Waals surface area contributed by atoms with Crippen molar-refractivity contribution >= 4 is 0 Å². The summed E-state index contributed by atoms with van der Waals surface area (Å²) in [6.45, 7) is 5.77. The number of aryl methyl sites for hydroxylation is 2. The molecule has 1 heteroatoms. The van der Waals surface area contributed by atoms with E-state index in [4.69, 9.17) is 0 Å². The lowest BCUT2D eigenvalue weighted by Gasteiger charge is -2.03. The highest BCUT2D eigenvalue weighted by molar-refractivity contribution is 5.07. The van der Waals surface area contributed by atoms with Gasteiger partial charge >= 0.3 is 0 Å². The van der Waals surface area contributed by atoms with Crippen molar-refractivity contribution in [3.63, 3.8) is 0 Å². The Balaban J connectivity index is 1.84. The first-order chi connectivity index (χ1) is 21.4. The monoisotopic (exact) mass is 595 g/mol. The van der Waals surface area contributed by atoms with Crippen LogP contribution in [0.2, 0.25) is 0 Å². The summed E-state index contributed by atoms with van der Waals surface area (Å²) in [5.41, 5.74) is 1.52. The normalized spacial score (nSPS) is 11.9. The van der Waals surface area contributed by atoms with Gasteiger partial charge in [0.15, 0.2) is 12.4 Å². The van der Waals surface area contributed by atoms with E-state index in [1.54, 1.807) is 0 Å². The summed E-state index contributed by atoms with van der Waals surface area (Å²) in [4.78, 5) is 0. The standard InChI is InChI=1S/C42H76N/c1-3-5-7-9-11-13-15-17-19-21-22-24-26-28-30-32-34-36-42-37-40-43(41-38-42)39-35-33-31-29-27-25-23-20-18-16-14-12-10-8-6-4-2/h17-20,37-38,40-41H,3-16,21-36,39H2,1-2H3/q+1/b19-17+,20-18+. The molecule has 0 spiro atoms. The molecule has 0 N–H and O–H groups in total. The molecular formula is C42H76N+. The van der Waals surface area contributed by atoms with Crippen LogP contribution in [0.3, 0.4) is 0 Å². The van der Waals surface area contributed by atoms with Crippen LogP contribution in [0.1, 0.15) is 206 Å². The smallest absolute Gasteiger partial charge is 0.169 e. The molecule has 1 rings (SSSR count). The second kappa shape index (κ2) is 33.5. The van der Waals surface area contributed by atoms with Crippen molar-refractivity contribution in [3.05, 3.63) is 54.4 Å². The van der Waals surface area contributed by atoms with Gasteiger partial charge in [-0.3, -0.25) is 0 Å². The number of unbranched alkanes of at least 4 members (excludes halogenated alkanes) is 25. The summed E-state index contributed by atoms with van der Waals surface area (Å²) in [6.07, 6.45) is 55.8. The number of nitrogens with zero attached hydrogens (tertiary/aromatic N) is 1. The lowest BCUT2D eigenvalue weighted by molar-refractivity contribution is -0.697. The van der Waals surface area contributed by atoms with Gasteiger partial charge in [-0.25, -0.2) is 4.57 Å². The molecule has 0 aliphatic rings. The van der Waals surface area contributed by atoms with Crippen LogP contribution < -0.4 is 4.57 Å². The molecule has 1 nitrogen and oxygen atoms in total. The van der Waals surface area contributed by atoms with Crippen LogP contribution in [0.4, 0.5) is 0 Å². The van der Waals surface area contributed by atoms with Gasteiger partial charge < -0.3 is 0 Å². The van der Waals surface area contributed by atoms with Crippen LogP contribution in [-0.2, 0) is 13.0 Å². The summed E-state index contributed by atoms with van der Waals surface area (Å²) in [7, 11) is 0. The Hall–Kier alpha value is -1.37. The van der Waals surface area contributed by atoms with Crippen molar-refractivity contribution in [1.29, 1.82) is 0 Å². The fourth-order valence-electron chi connectivity index (χ4n) is 6.10. The summed E-state index contributed by atoms with van der Waals surface area (Å²) in [6, 6.07) is 4.72. The van der Waals surface area contributed by atoms with E-state index < -0.39 is 0 Å². The lowest BCUT2D eigenvalue weighted by atomic mass is 10.0. The Morgan fingerprint density at radius 1 is 0.395 bits per heavy atom. The third-order valence-electron chi connectivity index (χ3n) is 9.12. The average Bonchev–Trinajstić information content (AvgIpc) is 3.03. The molecule has 0 radical (unpaired) electrons. The van der Waals surface area contributed by atoms with Crippen LogP contribution in [0.25, 0.3) is 0 Å². The maximum Gasteiger partial charge on any atom is 0.169 e. The Morgan fingerprint density at radius 2 is 0.721 bits per heavy atom. The summed E-state index contributed by atoms with van der Waals surface area (Å²) in [5, 5.41) is 0. The second-order valence-corrected chi connectivity index (χ2v) is 13.4. The first kappa shape index (κ1) is 39.7. The van der Waals surface area contributed by atoms with E-state index >= 15 is 0 Å². The van der Waals surface area contributed by atoms with Gasteiger partial charge in [0.2, 0.25) is 0 Å². The zero-order valence-electron chi connectivity index (χ0n) is 29.5. The first-order valence-corrected chi connectivity index (χ1v) is 19.6. The Kier molecular flexibility index (Phi) is 30.9. The third-order valence-corrected chi connectivity index (χ3v) is 9.12. The molecule has 0 fully saturated rings. The molecule has 0 aliphatic heterocycles. The molecule has 0 atom stereocenters. The molecule has 0 aromatic carbocycles. The van der Waals surface area contributed by atoms with Gasteiger partial charge in [-0.1, -0.05) is 154 Å². The molecular weight excluding hydrogens is 518 g/mol. The average molecular weight is 595 g/mol. The minimum Gasteiger partial charge on any atom is -0.205 e. The van der Waals surface area contributed by atoms with E-state index in [1.807, 2.05) is 0 Å². The first-order valence-electron chi connectivity index (χ1n) is 19.6. The van der Waals surface area contributed by atoms with Gasteiger partial charge in [0.05, 0.1) is 0 Å². The highest BCUT2D eigenvalue weighted by atomic mass is 14.9. The lowest BCUT2D eigenvalue weighted by Crippen LogP contribution is -2.32. The fourth-order valence-corrected chi connectivity index (χ4v) is 6.10. The van der Waals surface area contributed by atoms with E-state index in [0.29, 0.717) is 0 Å². The number of allylic oxidation sites excluding steroid dienone is 4. The molecule has 0 amide bonds. The molecule has 43 heavy (non-hydrogen) atoms. The SMILES string of the molecule is CCCCCCCC/C=C/CCCCCCCCCc1cc[n+](CCCCCCCC/C=C/CCCCCCCC)cc1. The van der Waals surface area contributed by atoms with Crippen LogP contribution in [0.5, 0.6) is 0 Å². The molecule has 1 aromatic heterocycles. The number of hydrogen-bond donors (Lipinski definition) is 0. The molecule has 1 aromatic rings. The van der Waals surface area contributed by atoms with Crippen LogP contribution in [-0.4, -0.2) is 0 Å². The summed E-state index contributed by atoms with van der Waals surface area (Å²) < 4.78 is 2.39. The Morgan fingerprint density at radius 3 is 1.12 bits per heavy atom. The highest BCUT2D eigenvalue weighted by Gasteiger charge is 2.02. The molecule has 0 unspecified atom stereocenters. The number of rotatable bonds is 33. The maximum absolute atomic E-state index is 2.44. The third kappa shape index (κ3) is 29.1. The van der Waals surface area contributed by atoms with E-state index in [2.05, 4.69) is 67.2 Å². The highest BCUT2D eigenvalue weighted by Crippen LogP contribution is 2.13. The number of hydrogen-bond acceptors (Lipinski definition) is 0. The van der Waals surface area contributed by atoms with Gasteiger partial charge in [0.1, 0.15) is 6.54 Å². The Bertz CT molecular complexity index is 715. The van der Waals surface area contributed by atoms with Gasteiger partial charge in [-0.15, -0.1) is 0 Å². The summed E-state index contributed by atoms with van der Waals surface area (Å²) in [5.74, 6) is 0. The van der Waals surface area contributed by atoms with Crippen molar-refractivity contribution in [2.75, 3.05) is 0 Å². The molecule has 0 bridgehead atoms. The quantitative estimate of drug-likeness (QED) is 0.0433. The van der Waals surface area contributed by atoms with Gasteiger partial charge in [-0.2, -0.15) is 0 Å². The van der Waals surface area contributed by atoms with Crippen molar-refractivity contribution in [2.45, 2.75) is 213 Å². The minimum absolute atomic E-state index is 1.18. The van der Waals surface area contributed by atoms with Crippen molar-refractivity contribution < 1.29 is 4.57 Å². The minimum atomic E-state index is 1.18. The predicted molar refractivity (Wildman–Crippen MR) is 194 cm³/mol.